The van der Waals surface area contributed by atoms with Gasteiger partial charge in [0, 0.05) is 19.6 Å². The Morgan fingerprint density at radius 3 is 2.38 bits per heavy atom. The van der Waals surface area contributed by atoms with E-state index in [-0.39, 0.29) is 11.3 Å². The van der Waals surface area contributed by atoms with Gasteiger partial charge >= 0.3 is 5.97 Å². The minimum atomic E-state index is -0.658. The first-order chi connectivity index (χ1) is 9.75. The fourth-order valence-electron chi connectivity index (χ4n) is 3.14. The molecule has 1 aromatic rings. The van der Waals surface area contributed by atoms with Gasteiger partial charge in [-0.1, -0.05) is 52.0 Å². The Balaban J connectivity index is 2.02. The van der Waals surface area contributed by atoms with Gasteiger partial charge < -0.3 is 5.11 Å². The topological polar surface area (TPSA) is 40.5 Å². The Morgan fingerprint density at radius 1 is 1.24 bits per heavy atom. The van der Waals surface area contributed by atoms with Crippen molar-refractivity contribution in [3.8, 4) is 0 Å². The summed E-state index contributed by atoms with van der Waals surface area (Å²) in [6.07, 6.45) is 0.800. The lowest BCUT2D eigenvalue weighted by atomic mass is 9.86. The summed E-state index contributed by atoms with van der Waals surface area (Å²) in [5.74, 6) is -0.425. The summed E-state index contributed by atoms with van der Waals surface area (Å²) in [7, 11) is 0. The van der Waals surface area contributed by atoms with Crippen molar-refractivity contribution in [1.29, 1.82) is 0 Å². The average Bonchev–Trinajstić information content (AvgIpc) is 2.37. The van der Waals surface area contributed by atoms with Crippen LogP contribution in [0.4, 0.5) is 0 Å². The molecule has 21 heavy (non-hydrogen) atoms. The Kier molecular flexibility index (Phi) is 4.72. The molecule has 0 spiro atoms. The molecule has 2 rings (SSSR count). The molecule has 3 heteroatoms. The second-order valence-electron chi connectivity index (χ2n) is 7.52. The number of piperidine rings is 1. The molecular formula is C18H27NO2. The molecule has 3 nitrogen and oxygen atoms in total. The lowest BCUT2D eigenvalue weighted by Crippen LogP contribution is -2.41. The predicted molar refractivity (Wildman–Crippen MR) is 85.3 cm³/mol. The molecule has 1 saturated heterocycles. The number of hydrogen-bond acceptors (Lipinski definition) is 2. The highest BCUT2D eigenvalue weighted by atomic mass is 16.4. The molecule has 0 aromatic heterocycles. The number of carboxylic acids is 1. The van der Waals surface area contributed by atoms with Crippen LogP contribution in [0.3, 0.4) is 0 Å². The van der Waals surface area contributed by atoms with Crippen molar-refractivity contribution in [3.63, 3.8) is 0 Å². The van der Waals surface area contributed by atoms with E-state index in [1.807, 2.05) is 0 Å². The molecule has 1 N–H and O–H groups in total. The van der Waals surface area contributed by atoms with Crippen LogP contribution in [0.5, 0.6) is 0 Å². The lowest BCUT2D eigenvalue weighted by molar-refractivity contribution is -0.144. The average molecular weight is 289 g/mol. The number of aliphatic carboxylic acids is 1. The number of likely N-dealkylation sites (tertiary alicyclic amines) is 1. The minimum absolute atomic E-state index is 0.173. The molecule has 1 aromatic carbocycles. The maximum absolute atomic E-state index is 11.2. The summed E-state index contributed by atoms with van der Waals surface area (Å²) in [4.78, 5) is 13.5. The van der Waals surface area contributed by atoms with Crippen LogP contribution >= 0.6 is 0 Å². The Morgan fingerprint density at radius 2 is 1.86 bits per heavy atom. The molecule has 0 bridgehead atoms. The van der Waals surface area contributed by atoms with Gasteiger partial charge in [-0.3, -0.25) is 9.69 Å². The molecule has 0 radical (unpaired) electrons. The third-order valence-corrected chi connectivity index (χ3v) is 4.31. The van der Waals surface area contributed by atoms with Gasteiger partial charge in [0.15, 0.2) is 0 Å². The van der Waals surface area contributed by atoms with Crippen LogP contribution in [0.25, 0.3) is 0 Å². The first-order valence-electron chi connectivity index (χ1n) is 7.80. The highest BCUT2D eigenvalue weighted by molar-refractivity contribution is 5.70. The standard InChI is InChI=1S/C18H27NO2/c1-13-9-15(17(20)21)12-19(10-13)11-14-5-7-16(8-6-14)18(2,3)4/h5-8,13,15H,9-12H2,1-4H3,(H,20,21). The van der Waals surface area contributed by atoms with Gasteiger partial charge in [-0.2, -0.15) is 0 Å². The summed E-state index contributed by atoms with van der Waals surface area (Å²) in [5, 5.41) is 9.24. The van der Waals surface area contributed by atoms with Crippen LogP contribution in [0.15, 0.2) is 24.3 Å². The summed E-state index contributed by atoms with van der Waals surface area (Å²) in [6.45, 7) is 11.3. The van der Waals surface area contributed by atoms with Gasteiger partial charge in [0.25, 0.3) is 0 Å². The number of rotatable bonds is 3. The smallest absolute Gasteiger partial charge is 0.307 e. The quantitative estimate of drug-likeness (QED) is 0.925. The second-order valence-corrected chi connectivity index (χ2v) is 7.52. The normalized spacial score (nSPS) is 24.0. The van der Waals surface area contributed by atoms with Crippen molar-refractivity contribution in [1.82, 2.24) is 4.90 Å². The summed E-state index contributed by atoms with van der Waals surface area (Å²) in [6, 6.07) is 8.74. The first kappa shape index (κ1) is 16.0. The highest BCUT2D eigenvalue weighted by Crippen LogP contribution is 2.25. The van der Waals surface area contributed by atoms with E-state index in [9.17, 15) is 9.90 Å². The monoisotopic (exact) mass is 289 g/mol. The third-order valence-electron chi connectivity index (χ3n) is 4.31. The zero-order valence-corrected chi connectivity index (χ0v) is 13.6. The van der Waals surface area contributed by atoms with Crippen LogP contribution in [0.1, 0.15) is 45.2 Å². The van der Waals surface area contributed by atoms with Crippen molar-refractivity contribution in [3.05, 3.63) is 35.4 Å². The number of benzene rings is 1. The largest absolute Gasteiger partial charge is 0.481 e. The Bertz CT molecular complexity index is 487. The first-order valence-corrected chi connectivity index (χ1v) is 7.80. The SMILES string of the molecule is CC1CC(C(=O)O)CN(Cc2ccc(C(C)(C)C)cc2)C1. The van der Waals surface area contributed by atoms with E-state index >= 15 is 0 Å². The molecule has 1 aliphatic rings. The molecule has 1 fully saturated rings. The molecule has 0 amide bonds. The number of carbonyl (C=O) groups is 1. The maximum atomic E-state index is 11.2. The Labute approximate surface area is 128 Å². The Hall–Kier alpha value is -1.35. The van der Waals surface area contributed by atoms with Gasteiger partial charge in [0.2, 0.25) is 0 Å². The molecule has 1 heterocycles. The molecule has 1 aliphatic heterocycles. The number of nitrogens with zero attached hydrogens (tertiary/aromatic N) is 1. The van der Waals surface area contributed by atoms with Gasteiger partial charge in [0.05, 0.1) is 5.92 Å². The molecule has 0 aliphatic carbocycles. The molecular weight excluding hydrogens is 262 g/mol. The van der Waals surface area contributed by atoms with Gasteiger partial charge in [0.1, 0.15) is 0 Å². The molecule has 116 valence electrons. The van der Waals surface area contributed by atoms with Crippen LogP contribution in [-0.2, 0) is 16.8 Å². The van der Waals surface area contributed by atoms with Crippen molar-refractivity contribution in [2.24, 2.45) is 11.8 Å². The predicted octanol–water partition coefficient (Wildman–Crippen LogP) is 3.53. The third kappa shape index (κ3) is 4.31. The van der Waals surface area contributed by atoms with E-state index in [0.29, 0.717) is 12.5 Å². The fourth-order valence-corrected chi connectivity index (χ4v) is 3.14. The second kappa shape index (κ2) is 6.18. The van der Waals surface area contributed by atoms with E-state index in [4.69, 9.17) is 0 Å². The van der Waals surface area contributed by atoms with Crippen LogP contribution < -0.4 is 0 Å². The summed E-state index contributed by atoms with van der Waals surface area (Å²) in [5.41, 5.74) is 2.77. The van der Waals surface area contributed by atoms with E-state index in [2.05, 4.69) is 56.9 Å². The van der Waals surface area contributed by atoms with Crippen LogP contribution in [0.2, 0.25) is 0 Å². The van der Waals surface area contributed by atoms with Crippen molar-refractivity contribution in [2.45, 2.75) is 46.1 Å². The van der Waals surface area contributed by atoms with E-state index in [0.717, 1.165) is 19.5 Å². The molecule has 2 atom stereocenters. The summed E-state index contributed by atoms with van der Waals surface area (Å²) >= 11 is 0. The zero-order valence-electron chi connectivity index (χ0n) is 13.6. The maximum Gasteiger partial charge on any atom is 0.307 e. The van der Waals surface area contributed by atoms with Crippen LogP contribution in [0, 0.1) is 11.8 Å². The van der Waals surface area contributed by atoms with Crippen LogP contribution in [-0.4, -0.2) is 29.1 Å². The minimum Gasteiger partial charge on any atom is -0.481 e. The van der Waals surface area contributed by atoms with Crippen molar-refractivity contribution >= 4 is 5.97 Å². The molecule has 0 saturated carbocycles. The number of carboxylic acid groups (broad SMARTS) is 1. The lowest BCUT2D eigenvalue weighted by Gasteiger charge is -2.34. The summed E-state index contributed by atoms with van der Waals surface area (Å²) < 4.78 is 0. The van der Waals surface area contributed by atoms with Crippen molar-refractivity contribution in [2.75, 3.05) is 13.1 Å². The van der Waals surface area contributed by atoms with Gasteiger partial charge in [-0.25, -0.2) is 0 Å². The molecule has 2 unspecified atom stereocenters. The van der Waals surface area contributed by atoms with Gasteiger partial charge in [-0.15, -0.1) is 0 Å². The fraction of sp³-hybridized carbons (Fsp3) is 0.611. The number of hydrogen-bond donors (Lipinski definition) is 1. The van der Waals surface area contributed by atoms with E-state index < -0.39 is 5.97 Å². The van der Waals surface area contributed by atoms with E-state index in [1.54, 1.807) is 0 Å². The highest BCUT2D eigenvalue weighted by Gasteiger charge is 2.29. The van der Waals surface area contributed by atoms with Gasteiger partial charge in [-0.05, 0) is 28.9 Å². The van der Waals surface area contributed by atoms with E-state index in [1.165, 1.54) is 11.1 Å². The zero-order chi connectivity index (χ0) is 15.6. The van der Waals surface area contributed by atoms with Crippen molar-refractivity contribution < 1.29 is 9.90 Å².